The number of hydrogen-bond donors (Lipinski definition) is 3. The zero-order chi connectivity index (χ0) is 25.2. The maximum atomic E-state index is 12.7. The molecule has 2 aromatic heterocycles. The summed E-state index contributed by atoms with van der Waals surface area (Å²) in [4.78, 5) is 41.7. The molecule has 0 unspecified atom stereocenters. The number of nitrogens with one attached hydrogen (secondary N) is 3. The highest BCUT2D eigenvalue weighted by Gasteiger charge is 2.19. The number of pyridine rings is 1. The highest BCUT2D eigenvalue weighted by atomic mass is 16.2. The van der Waals surface area contributed by atoms with Crippen LogP contribution in [0, 0.1) is 0 Å². The standard InChI is InChI=1S/C26H32N8O2/c1-20(35)27-12-13-29-23-8-3-2-7-22(23)26-30-11-9-24(32-26)31-25(36)19-34-16-14-33(15-17-34)18-21-6-4-5-10-28-21/h2-11,29H,12-19H2,1H3,(H,27,35)(H,30,31,32,36). The van der Waals surface area contributed by atoms with Crippen LogP contribution in [0.3, 0.4) is 0 Å². The number of aromatic nitrogens is 3. The minimum atomic E-state index is -0.0976. The summed E-state index contributed by atoms with van der Waals surface area (Å²) in [6.45, 7) is 7.16. The van der Waals surface area contributed by atoms with E-state index in [0.717, 1.165) is 49.7 Å². The van der Waals surface area contributed by atoms with Gasteiger partial charge < -0.3 is 16.0 Å². The highest BCUT2D eigenvalue weighted by molar-refractivity contribution is 5.91. The Labute approximate surface area is 211 Å². The summed E-state index contributed by atoms with van der Waals surface area (Å²) >= 11 is 0. The number of amides is 2. The number of anilines is 2. The lowest BCUT2D eigenvalue weighted by atomic mass is 10.1. The van der Waals surface area contributed by atoms with Crippen molar-refractivity contribution in [3.8, 4) is 11.4 Å². The summed E-state index contributed by atoms with van der Waals surface area (Å²) in [5.41, 5.74) is 2.74. The van der Waals surface area contributed by atoms with Crippen LogP contribution in [0.2, 0.25) is 0 Å². The molecule has 188 valence electrons. The topological polar surface area (TPSA) is 115 Å². The number of nitrogens with zero attached hydrogens (tertiary/aromatic N) is 5. The first-order valence-electron chi connectivity index (χ1n) is 12.1. The zero-order valence-electron chi connectivity index (χ0n) is 20.5. The molecule has 0 bridgehead atoms. The smallest absolute Gasteiger partial charge is 0.239 e. The second-order valence-electron chi connectivity index (χ2n) is 8.64. The van der Waals surface area contributed by atoms with Crippen molar-refractivity contribution in [3.63, 3.8) is 0 Å². The lowest BCUT2D eigenvalue weighted by molar-refractivity contribution is -0.119. The van der Waals surface area contributed by atoms with E-state index in [0.29, 0.717) is 31.3 Å². The molecule has 3 heterocycles. The van der Waals surface area contributed by atoms with Gasteiger partial charge in [0.15, 0.2) is 5.82 Å². The molecule has 1 aromatic carbocycles. The van der Waals surface area contributed by atoms with E-state index >= 15 is 0 Å². The number of benzene rings is 1. The van der Waals surface area contributed by atoms with Gasteiger partial charge in [-0.25, -0.2) is 9.97 Å². The van der Waals surface area contributed by atoms with Gasteiger partial charge >= 0.3 is 0 Å². The Bertz CT molecular complexity index is 1150. The summed E-state index contributed by atoms with van der Waals surface area (Å²) in [6.07, 6.45) is 3.46. The van der Waals surface area contributed by atoms with Crippen LogP contribution < -0.4 is 16.0 Å². The van der Waals surface area contributed by atoms with Gasteiger partial charge in [-0.05, 0) is 30.3 Å². The van der Waals surface area contributed by atoms with Crippen LogP contribution in [-0.4, -0.2) is 82.4 Å². The second kappa shape index (κ2) is 12.7. The molecule has 0 saturated carbocycles. The maximum absolute atomic E-state index is 12.7. The molecule has 10 nitrogen and oxygen atoms in total. The molecule has 0 aliphatic carbocycles. The van der Waals surface area contributed by atoms with Gasteiger partial charge in [-0.1, -0.05) is 18.2 Å². The van der Waals surface area contributed by atoms with Crippen molar-refractivity contribution < 1.29 is 9.59 Å². The number of carbonyl (C=O) groups excluding carboxylic acids is 2. The Morgan fingerprint density at radius 1 is 0.889 bits per heavy atom. The maximum Gasteiger partial charge on any atom is 0.239 e. The molecule has 2 amide bonds. The first-order chi connectivity index (χ1) is 17.6. The Balaban J connectivity index is 1.29. The van der Waals surface area contributed by atoms with Gasteiger partial charge in [0.25, 0.3) is 0 Å². The van der Waals surface area contributed by atoms with Crippen molar-refractivity contribution in [2.45, 2.75) is 13.5 Å². The fourth-order valence-electron chi connectivity index (χ4n) is 4.04. The second-order valence-corrected chi connectivity index (χ2v) is 8.64. The molecule has 0 atom stereocenters. The van der Waals surface area contributed by atoms with Crippen LogP contribution in [0.1, 0.15) is 12.6 Å². The summed E-state index contributed by atoms with van der Waals surface area (Å²) in [6, 6.07) is 15.4. The third kappa shape index (κ3) is 7.56. The monoisotopic (exact) mass is 488 g/mol. The molecule has 1 fully saturated rings. The van der Waals surface area contributed by atoms with E-state index in [-0.39, 0.29) is 11.8 Å². The predicted octanol–water partition coefficient (Wildman–Crippen LogP) is 1.84. The molecule has 10 heteroatoms. The van der Waals surface area contributed by atoms with Gasteiger partial charge in [0, 0.05) is 76.4 Å². The molecular weight excluding hydrogens is 456 g/mol. The number of piperazine rings is 1. The summed E-state index contributed by atoms with van der Waals surface area (Å²) in [5, 5.41) is 8.98. The average Bonchev–Trinajstić information content (AvgIpc) is 2.89. The van der Waals surface area contributed by atoms with Gasteiger partial charge in [-0.3, -0.25) is 24.4 Å². The number of para-hydroxylation sites is 1. The minimum absolute atomic E-state index is 0.0665. The Hall–Kier alpha value is -3.89. The first-order valence-corrected chi connectivity index (χ1v) is 12.1. The summed E-state index contributed by atoms with van der Waals surface area (Å²) in [5.74, 6) is 0.813. The molecule has 1 aliphatic rings. The van der Waals surface area contributed by atoms with Gasteiger partial charge in [-0.2, -0.15) is 0 Å². The lowest BCUT2D eigenvalue weighted by Crippen LogP contribution is -2.48. The van der Waals surface area contributed by atoms with Gasteiger partial charge in [-0.15, -0.1) is 0 Å². The average molecular weight is 489 g/mol. The molecule has 1 aliphatic heterocycles. The van der Waals surface area contributed by atoms with Crippen molar-refractivity contribution in [1.29, 1.82) is 0 Å². The third-order valence-corrected chi connectivity index (χ3v) is 5.85. The fourth-order valence-corrected chi connectivity index (χ4v) is 4.04. The van der Waals surface area contributed by atoms with Crippen molar-refractivity contribution in [2.75, 3.05) is 56.4 Å². The molecule has 3 N–H and O–H groups in total. The number of carbonyl (C=O) groups is 2. The predicted molar refractivity (Wildman–Crippen MR) is 139 cm³/mol. The minimum Gasteiger partial charge on any atom is -0.383 e. The van der Waals surface area contributed by atoms with E-state index < -0.39 is 0 Å². The quantitative estimate of drug-likeness (QED) is 0.371. The van der Waals surface area contributed by atoms with E-state index in [1.807, 2.05) is 48.7 Å². The Morgan fingerprint density at radius 2 is 1.67 bits per heavy atom. The molecule has 1 saturated heterocycles. The van der Waals surface area contributed by atoms with Crippen molar-refractivity contribution >= 4 is 23.3 Å². The highest BCUT2D eigenvalue weighted by Crippen LogP contribution is 2.25. The van der Waals surface area contributed by atoms with E-state index in [9.17, 15) is 9.59 Å². The molecule has 36 heavy (non-hydrogen) atoms. The van der Waals surface area contributed by atoms with E-state index in [2.05, 4.69) is 40.7 Å². The van der Waals surface area contributed by atoms with Crippen molar-refractivity contribution in [2.24, 2.45) is 0 Å². The lowest BCUT2D eigenvalue weighted by Gasteiger charge is -2.34. The third-order valence-electron chi connectivity index (χ3n) is 5.85. The van der Waals surface area contributed by atoms with Gasteiger partial charge in [0.2, 0.25) is 11.8 Å². The largest absolute Gasteiger partial charge is 0.383 e. The first kappa shape index (κ1) is 25.2. The van der Waals surface area contributed by atoms with Crippen LogP contribution in [0.15, 0.2) is 60.9 Å². The van der Waals surface area contributed by atoms with Crippen LogP contribution in [0.25, 0.3) is 11.4 Å². The number of rotatable bonds is 10. The normalized spacial score (nSPS) is 14.2. The van der Waals surface area contributed by atoms with Crippen LogP contribution in [0.4, 0.5) is 11.5 Å². The molecule has 0 radical (unpaired) electrons. The Morgan fingerprint density at radius 3 is 2.44 bits per heavy atom. The van der Waals surface area contributed by atoms with Gasteiger partial charge in [0.05, 0.1) is 12.2 Å². The summed E-state index contributed by atoms with van der Waals surface area (Å²) < 4.78 is 0. The molecule has 4 rings (SSSR count). The number of hydrogen-bond acceptors (Lipinski definition) is 8. The van der Waals surface area contributed by atoms with Gasteiger partial charge in [0.1, 0.15) is 5.82 Å². The van der Waals surface area contributed by atoms with E-state index in [4.69, 9.17) is 0 Å². The van der Waals surface area contributed by atoms with Crippen molar-refractivity contribution in [3.05, 3.63) is 66.6 Å². The van der Waals surface area contributed by atoms with Crippen LogP contribution in [-0.2, 0) is 16.1 Å². The van der Waals surface area contributed by atoms with Crippen LogP contribution in [0.5, 0.6) is 0 Å². The zero-order valence-corrected chi connectivity index (χ0v) is 20.5. The molecule has 0 spiro atoms. The molecular formula is C26H32N8O2. The Kier molecular flexibility index (Phi) is 8.90. The fraction of sp³-hybridized carbons (Fsp3) is 0.346. The van der Waals surface area contributed by atoms with E-state index in [1.165, 1.54) is 6.92 Å². The van der Waals surface area contributed by atoms with E-state index in [1.54, 1.807) is 12.3 Å². The van der Waals surface area contributed by atoms with Crippen LogP contribution >= 0.6 is 0 Å². The summed E-state index contributed by atoms with van der Waals surface area (Å²) in [7, 11) is 0. The van der Waals surface area contributed by atoms with Crippen molar-refractivity contribution in [1.82, 2.24) is 30.1 Å². The molecule has 3 aromatic rings. The SMILES string of the molecule is CC(=O)NCCNc1ccccc1-c1nccc(NC(=O)CN2CCN(Cc3ccccn3)CC2)n1.